The summed E-state index contributed by atoms with van der Waals surface area (Å²) < 4.78 is 37.9. The summed E-state index contributed by atoms with van der Waals surface area (Å²) in [4.78, 5) is 0. The molecule has 0 N–H and O–H groups in total. The Kier molecular flexibility index (Phi) is 3.92. The fraction of sp³-hybridized carbons (Fsp3) is 0.333. The summed E-state index contributed by atoms with van der Waals surface area (Å²) in [6, 6.07) is 8.21. The van der Waals surface area contributed by atoms with E-state index < -0.39 is 12.3 Å². The Morgan fingerprint density at radius 2 is 1.50 bits per heavy atom. The van der Waals surface area contributed by atoms with E-state index >= 15 is 0 Å². The molecule has 1 aromatic carbocycles. The molecule has 1 aromatic rings. The molecule has 0 nitrogen and oxygen atoms in total. The largest absolute Gasteiger partial charge is 1.00 e. The van der Waals surface area contributed by atoms with E-state index in [0.29, 0.717) is 5.56 Å². The van der Waals surface area contributed by atoms with Gasteiger partial charge in [0.1, 0.15) is 0 Å². The number of rotatable bonds is 2. The molecule has 70 valence electrons. The van der Waals surface area contributed by atoms with Gasteiger partial charge in [0.15, 0.2) is 0 Å². The summed E-state index contributed by atoms with van der Waals surface area (Å²) in [5.74, 6) is 0. The number of hydrogen-bond donors (Lipinski definition) is 0. The minimum atomic E-state index is -4.73. The van der Waals surface area contributed by atoms with E-state index in [9.17, 15) is 12.9 Å². The van der Waals surface area contributed by atoms with Crippen molar-refractivity contribution in [3.63, 3.8) is 0 Å². The van der Waals surface area contributed by atoms with Crippen molar-refractivity contribution in [3.05, 3.63) is 35.9 Å². The Hall–Kier alpha value is 0.711. The van der Waals surface area contributed by atoms with Gasteiger partial charge in [-0.05, 0) is 5.31 Å². The van der Waals surface area contributed by atoms with Crippen LogP contribution in [0.2, 0.25) is 0 Å². The molecule has 1 saturated carbocycles. The predicted octanol–water partition coefficient (Wildman–Crippen LogP) is 0.109. The molecule has 0 bridgehead atoms. The summed E-state index contributed by atoms with van der Waals surface area (Å²) in [6.45, 7) is -4.73. The molecule has 1 fully saturated rings. The van der Waals surface area contributed by atoms with Crippen molar-refractivity contribution in [2.45, 2.75) is 18.2 Å². The third-order valence-electron chi connectivity index (χ3n) is 2.76. The van der Waals surface area contributed by atoms with Gasteiger partial charge in [-0.1, -0.05) is 48.7 Å². The van der Waals surface area contributed by atoms with E-state index in [4.69, 9.17) is 0 Å². The van der Waals surface area contributed by atoms with Gasteiger partial charge in [0, 0.05) is 0 Å². The zero-order chi connectivity index (χ0) is 9.53. The molecule has 0 atom stereocenters. The zero-order valence-corrected chi connectivity index (χ0v) is 11.1. The Balaban J connectivity index is 0.000000980. The SMILES string of the molecule is F[B-](F)(F)C1(c2ccccc2)CC1.[K+]. The molecule has 0 amide bonds. The molecule has 1 aliphatic carbocycles. The molecule has 0 aromatic heterocycles. The average molecular weight is 224 g/mol. The number of hydrogen-bond acceptors (Lipinski definition) is 0. The number of halogens is 3. The summed E-state index contributed by atoms with van der Waals surface area (Å²) in [6.07, 6.45) is 0.529. The van der Waals surface area contributed by atoms with Gasteiger partial charge in [0.2, 0.25) is 0 Å². The maximum Gasteiger partial charge on any atom is 1.00 e. The predicted molar refractivity (Wildman–Crippen MR) is 46.4 cm³/mol. The van der Waals surface area contributed by atoms with Crippen LogP contribution in [-0.4, -0.2) is 6.98 Å². The van der Waals surface area contributed by atoms with E-state index in [-0.39, 0.29) is 64.2 Å². The van der Waals surface area contributed by atoms with Crippen LogP contribution in [0.3, 0.4) is 0 Å². The fourth-order valence-corrected chi connectivity index (χ4v) is 1.71. The maximum atomic E-state index is 12.6. The van der Waals surface area contributed by atoms with E-state index in [1.54, 1.807) is 30.3 Å². The van der Waals surface area contributed by atoms with Crippen LogP contribution in [0, 0.1) is 0 Å². The molecular weight excluding hydrogens is 215 g/mol. The van der Waals surface area contributed by atoms with Crippen LogP contribution in [0.5, 0.6) is 0 Å². The zero-order valence-electron chi connectivity index (χ0n) is 8.01. The van der Waals surface area contributed by atoms with E-state index in [0.717, 1.165) is 0 Å². The molecule has 1 aliphatic rings. The summed E-state index contributed by atoms with van der Waals surface area (Å²) in [5, 5.41) is -1.46. The molecule has 0 radical (unpaired) electrons. The Morgan fingerprint density at radius 3 is 1.86 bits per heavy atom. The van der Waals surface area contributed by atoms with Crippen molar-refractivity contribution >= 4 is 6.98 Å². The second kappa shape index (κ2) is 4.30. The number of benzene rings is 1. The smallest absolute Gasteiger partial charge is 0.448 e. The molecule has 0 unspecified atom stereocenters. The summed E-state index contributed by atoms with van der Waals surface area (Å²) in [5.41, 5.74) is 0.433. The summed E-state index contributed by atoms with van der Waals surface area (Å²) in [7, 11) is 0. The van der Waals surface area contributed by atoms with Crippen molar-refractivity contribution in [2.24, 2.45) is 0 Å². The summed E-state index contributed by atoms with van der Waals surface area (Å²) >= 11 is 0. The van der Waals surface area contributed by atoms with Crippen LogP contribution >= 0.6 is 0 Å². The minimum Gasteiger partial charge on any atom is -0.448 e. The fourth-order valence-electron chi connectivity index (χ4n) is 1.71. The molecule has 5 heteroatoms. The van der Waals surface area contributed by atoms with Gasteiger partial charge >= 0.3 is 58.4 Å². The second-order valence-electron chi connectivity index (χ2n) is 3.60. The van der Waals surface area contributed by atoms with Crippen molar-refractivity contribution in [1.82, 2.24) is 0 Å². The van der Waals surface area contributed by atoms with Crippen LogP contribution < -0.4 is 51.4 Å². The quantitative estimate of drug-likeness (QED) is 0.625. The molecule has 2 rings (SSSR count). The monoisotopic (exact) mass is 224 g/mol. The Labute approximate surface area is 124 Å². The minimum absolute atomic E-state index is 0. The van der Waals surface area contributed by atoms with Gasteiger partial charge < -0.3 is 12.9 Å². The molecule has 14 heavy (non-hydrogen) atoms. The van der Waals surface area contributed by atoms with Crippen molar-refractivity contribution < 1.29 is 64.3 Å². The Bertz CT molecular complexity index is 306. The molecule has 0 saturated heterocycles. The first-order chi connectivity index (χ1) is 6.06. The van der Waals surface area contributed by atoms with Gasteiger partial charge in [-0.25, -0.2) is 0 Å². The van der Waals surface area contributed by atoms with Gasteiger partial charge in [0.25, 0.3) is 0 Å². The first kappa shape index (κ1) is 12.8. The average Bonchev–Trinajstić information content (AvgIpc) is 2.84. The van der Waals surface area contributed by atoms with E-state index in [1.807, 2.05) is 0 Å². The first-order valence-corrected chi connectivity index (χ1v) is 4.31. The van der Waals surface area contributed by atoms with E-state index in [2.05, 4.69) is 0 Å². The molecule has 0 aliphatic heterocycles. The molecule has 0 spiro atoms. The van der Waals surface area contributed by atoms with E-state index in [1.165, 1.54) is 0 Å². The first-order valence-electron chi connectivity index (χ1n) is 4.31. The Morgan fingerprint density at radius 1 is 1.00 bits per heavy atom. The standard InChI is InChI=1S/C9H9BF3.K/c11-10(12,13)9(6-7-9)8-4-2-1-3-5-8;/h1-5H,6-7H2;/q-1;+1. The van der Waals surface area contributed by atoms with Crippen LogP contribution in [-0.2, 0) is 5.31 Å². The van der Waals surface area contributed by atoms with Crippen molar-refractivity contribution in [1.29, 1.82) is 0 Å². The second-order valence-corrected chi connectivity index (χ2v) is 3.60. The third kappa shape index (κ3) is 2.11. The van der Waals surface area contributed by atoms with Crippen LogP contribution in [0.15, 0.2) is 30.3 Å². The van der Waals surface area contributed by atoms with Crippen LogP contribution in [0.25, 0.3) is 0 Å². The third-order valence-corrected chi connectivity index (χ3v) is 2.76. The normalized spacial score (nSPS) is 18.5. The van der Waals surface area contributed by atoms with Crippen LogP contribution in [0.4, 0.5) is 12.9 Å². The maximum absolute atomic E-state index is 12.6. The topological polar surface area (TPSA) is 0 Å². The van der Waals surface area contributed by atoms with Gasteiger partial charge in [-0.15, -0.1) is 0 Å². The van der Waals surface area contributed by atoms with Gasteiger partial charge in [-0.3, -0.25) is 0 Å². The molecular formula is C9H9BF3K. The van der Waals surface area contributed by atoms with Crippen molar-refractivity contribution in [2.75, 3.05) is 0 Å². The van der Waals surface area contributed by atoms with Crippen LogP contribution in [0.1, 0.15) is 18.4 Å². The van der Waals surface area contributed by atoms with Gasteiger partial charge in [0.05, 0.1) is 0 Å². The van der Waals surface area contributed by atoms with Gasteiger partial charge in [-0.2, -0.15) is 0 Å². The molecule has 0 heterocycles. The van der Waals surface area contributed by atoms with Crippen molar-refractivity contribution in [3.8, 4) is 0 Å².